The summed E-state index contributed by atoms with van der Waals surface area (Å²) in [6, 6.07) is 6.79. The number of nitrogens with zero attached hydrogens (tertiary/aromatic N) is 2. The maximum atomic E-state index is 12.0. The van der Waals surface area contributed by atoms with Crippen LogP contribution in [0.15, 0.2) is 30.5 Å². The highest BCUT2D eigenvalue weighted by atomic mass is 16.5. The number of ether oxygens (including phenoxy) is 1. The van der Waals surface area contributed by atoms with Crippen molar-refractivity contribution in [1.82, 2.24) is 15.1 Å². The van der Waals surface area contributed by atoms with E-state index in [-0.39, 0.29) is 5.91 Å². The number of hydrogen-bond donors (Lipinski definition) is 2. The molecule has 0 spiro atoms. The van der Waals surface area contributed by atoms with Crippen LogP contribution in [-0.2, 0) is 18.3 Å². The van der Waals surface area contributed by atoms with Gasteiger partial charge in [0.2, 0.25) is 0 Å². The predicted octanol–water partition coefficient (Wildman–Crippen LogP) is 0.719. The summed E-state index contributed by atoms with van der Waals surface area (Å²) in [4.78, 5) is 23.3. The first-order valence-electron chi connectivity index (χ1n) is 6.26. The number of aromatic nitrogens is 2. The van der Waals surface area contributed by atoms with Gasteiger partial charge in [0.15, 0.2) is 0 Å². The number of rotatable bonds is 4. The first kappa shape index (κ1) is 14.6. The molecule has 2 rings (SSSR count). The number of nitrogens with two attached hydrogens (primary N) is 1. The SMILES string of the molecule is COC(=O)c1ccc(CNC(=O)c2cnn(C)c2N)cc1. The second-order valence-electron chi connectivity index (χ2n) is 4.44. The third-order valence-electron chi connectivity index (χ3n) is 3.06. The van der Waals surface area contributed by atoms with Crippen molar-refractivity contribution in [2.75, 3.05) is 12.8 Å². The Labute approximate surface area is 121 Å². The molecule has 0 saturated carbocycles. The minimum Gasteiger partial charge on any atom is -0.465 e. The Morgan fingerprint density at radius 3 is 2.52 bits per heavy atom. The molecule has 0 fully saturated rings. The Morgan fingerprint density at radius 1 is 1.33 bits per heavy atom. The van der Waals surface area contributed by atoms with E-state index in [0.29, 0.717) is 23.5 Å². The van der Waals surface area contributed by atoms with Crippen LogP contribution in [0.1, 0.15) is 26.3 Å². The molecule has 1 heterocycles. The van der Waals surface area contributed by atoms with E-state index < -0.39 is 5.97 Å². The number of nitrogen functional groups attached to an aromatic ring is 1. The number of hydrogen-bond acceptors (Lipinski definition) is 5. The van der Waals surface area contributed by atoms with Gasteiger partial charge in [-0.15, -0.1) is 0 Å². The number of carbonyl (C=O) groups excluding carboxylic acids is 2. The highest BCUT2D eigenvalue weighted by Crippen LogP contribution is 2.10. The summed E-state index contributed by atoms with van der Waals surface area (Å²) in [6.45, 7) is 0.328. The molecule has 0 aliphatic heterocycles. The normalized spacial score (nSPS) is 10.2. The quantitative estimate of drug-likeness (QED) is 0.808. The molecular weight excluding hydrogens is 272 g/mol. The van der Waals surface area contributed by atoms with Crippen molar-refractivity contribution < 1.29 is 14.3 Å². The van der Waals surface area contributed by atoms with Gasteiger partial charge in [-0.1, -0.05) is 12.1 Å². The molecule has 0 radical (unpaired) electrons. The molecular formula is C14H16N4O3. The fraction of sp³-hybridized carbons (Fsp3) is 0.214. The summed E-state index contributed by atoms with van der Waals surface area (Å²) in [6.07, 6.45) is 1.42. The van der Waals surface area contributed by atoms with E-state index in [4.69, 9.17) is 5.73 Å². The molecule has 0 aliphatic carbocycles. The van der Waals surface area contributed by atoms with Gasteiger partial charge in [0.1, 0.15) is 11.4 Å². The van der Waals surface area contributed by atoms with Gasteiger partial charge in [0, 0.05) is 13.6 Å². The molecule has 0 saturated heterocycles. The average Bonchev–Trinajstić information content (AvgIpc) is 2.84. The maximum Gasteiger partial charge on any atom is 0.337 e. The molecule has 0 bridgehead atoms. The summed E-state index contributed by atoms with van der Waals surface area (Å²) in [5.41, 5.74) is 7.39. The van der Waals surface area contributed by atoms with Crippen molar-refractivity contribution in [3.63, 3.8) is 0 Å². The van der Waals surface area contributed by atoms with Crippen molar-refractivity contribution in [2.45, 2.75) is 6.54 Å². The average molecular weight is 288 g/mol. The molecule has 0 aliphatic rings. The Hall–Kier alpha value is -2.83. The second-order valence-corrected chi connectivity index (χ2v) is 4.44. The number of aryl methyl sites for hydroxylation is 1. The van der Waals surface area contributed by atoms with Crippen LogP contribution in [0.3, 0.4) is 0 Å². The summed E-state index contributed by atoms with van der Waals surface area (Å²) < 4.78 is 6.05. The molecule has 1 aromatic heterocycles. The summed E-state index contributed by atoms with van der Waals surface area (Å²) in [5.74, 6) is -0.375. The first-order chi connectivity index (χ1) is 10.0. The van der Waals surface area contributed by atoms with E-state index in [1.807, 2.05) is 0 Å². The Kier molecular flexibility index (Phi) is 4.22. The van der Waals surface area contributed by atoms with E-state index in [0.717, 1.165) is 5.56 Å². The number of benzene rings is 1. The topological polar surface area (TPSA) is 99.2 Å². The molecule has 0 unspecified atom stereocenters. The molecule has 1 aromatic carbocycles. The smallest absolute Gasteiger partial charge is 0.337 e. The predicted molar refractivity (Wildman–Crippen MR) is 76.6 cm³/mol. The van der Waals surface area contributed by atoms with Crippen LogP contribution >= 0.6 is 0 Å². The van der Waals surface area contributed by atoms with Crippen LogP contribution in [-0.4, -0.2) is 28.8 Å². The largest absolute Gasteiger partial charge is 0.465 e. The lowest BCUT2D eigenvalue weighted by molar-refractivity contribution is 0.0600. The zero-order valence-electron chi connectivity index (χ0n) is 11.8. The highest BCUT2D eigenvalue weighted by molar-refractivity contribution is 5.98. The molecule has 21 heavy (non-hydrogen) atoms. The summed E-state index contributed by atoms with van der Waals surface area (Å²) in [5, 5.41) is 6.66. The second kappa shape index (κ2) is 6.08. The highest BCUT2D eigenvalue weighted by Gasteiger charge is 2.13. The number of anilines is 1. The first-order valence-corrected chi connectivity index (χ1v) is 6.26. The van der Waals surface area contributed by atoms with E-state index in [1.165, 1.54) is 18.0 Å². The van der Waals surface area contributed by atoms with Crippen LogP contribution in [0.2, 0.25) is 0 Å². The minimum atomic E-state index is -0.395. The molecule has 7 heteroatoms. The zero-order valence-corrected chi connectivity index (χ0v) is 11.8. The van der Waals surface area contributed by atoms with E-state index in [2.05, 4.69) is 15.2 Å². The maximum absolute atomic E-state index is 12.0. The standard InChI is InChI=1S/C14H16N4O3/c1-18-12(15)11(8-17-18)13(19)16-7-9-3-5-10(6-4-9)14(20)21-2/h3-6,8H,7,15H2,1-2H3,(H,16,19). The van der Waals surface area contributed by atoms with Gasteiger partial charge in [-0.25, -0.2) is 4.79 Å². The monoisotopic (exact) mass is 288 g/mol. The van der Waals surface area contributed by atoms with Crippen LogP contribution in [0.4, 0.5) is 5.82 Å². The Balaban J connectivity index is 1.98. The summed E-state index contributed by atoms with van der Waals surface area (Å²) >= 11 is 0. The zero-order chi connectivity index (χ0) is 15.4. The van der Waals surface area contributed by atoms with Gasteiger partial charge in [-0.05, 0) is 17.7 Å². The molecule has 1 amide bonds. The van der Waals surface area contributed by atoms with E-state index in [1.54, 1.807) is 31.3 Å². The number of amides is 1. The van der Waals surface area contributed by atoms with Crippen LogP contribution in [0.5, 0.6) is 0 Å². The fourth-order valence-corrected chi connectivity index (χ4v) is 1.78. The van der Waals surface area contributed by atoms with Crippen molar-refractivity contribution in [3.8, 4) is 0 Å². The fourth-order valence-electron chi connectivity index (χ4n) is 1.78. The molecule has 0 atom stereocenters. The molecule has 7 nitrogen and oxygen atoms in total. The van der Waals surface area contributed by atoms with Crippen molar-refractivity contribution in [1.29, 1.82) is 0 Å². The molecule has 2 aromatic rings. The van der Waals surface area contributed by atoms with Crippen LogP contribution < -0.4 is 11.1 Å². The van der Waals surface area contributed by atoms with Crippen LogP contribution in [0, 0.1) is 0 Å². The lowest BCUT2D eigenvalue weighted by Crippen LogP contribution is -2.23. The van der Waals surface area contributed by atoms with Crippen molar-refractivity contribution in [2.24, 2.45) is 7.05 Å². The van der Waals surface area contributed by atoms with E-state index in [9.17, 15) is 9.59 Å². The molecule has 110 valence electrons. The minimum absolute atomic E-state index is 0.294. The Morgan fingerprint density at radius 2 is 2.00 bits per heavy atom. The third-order valence-corrected chi connectivity index (χ3v) is 3.06. The summed E-state index contributed by atoms with van der Waals surface area (Å²) in [7, 11) is 2.99. The van der Waals surface area contributed by atoms with Gasteiger partial charge < -0.3 is 15.8 Å². The van der Waals surface area contributed by atoms with Crippen molar-refractivity contribution >= 4 is 17.7 Å². The van der Waals surface area contributed by atoms with Crippen molar-refractivity contribution in [3.05, 3.63) is 47.2 Å². The number of methoxy groups -OCH3 is 1. The number of esters is 1. The lowest BCUT2D eigenvalue weighted by atomic mass is 10.1. The van der Waals surface area contributed by atoms with Gasteiger partial charge in [-0.3, -0.25) is 9.48 Å². The van der Waals surface area contributed by atoms with Crippen LogP contribution in [0.25, 0.3) is 0 Å². The third kappa shape index (κ3) is 3.19. The molecule has 3 N–H and O–H groups in total. The van der Waals surface area contributed by atoms with E-state index >= 15 is 0 Å². The Bertz CT molecular complexity index is 661. The number of nitrogens with one attached hydrogen (secondary N) is 1. The van der Waals surface area contributed by atoms with Gasteiger partial charge >= 0.3 is 5.97 Å². The number of carbonyl (C=O) groups is 2. The van der Waals surface area contributed by atoms with Gasteiger partial charge in [0.05, 0.1) is 18.9 Å². The van der Waals surface area contributed by atoms with Gasteiger partial charge in [0.25, 0.3) is 5.91 Å². The van der Waals surface area contributed by atoms with Gasteiger partial charge in [-0.2, -0.15) is 5.10 Å². The lowest BCUT2D eigenvalue weighted by Gasteiger charge is -2.06.